The van der Waals surface area contributed by atoms with Gasteiger partial charge in [-0.25, -0.2) is 4.39 Å². The maximum absolute atomic E-state index is 13.5. The van der Waals surface area contributed by atoms with E-state index < -0.39 is 5.91 Å². The molecule has 2 amide bonds. The molecule has 8 heteroatoms. The van der Waals surface area contributed by atoms with Gasteiger partial charge in [-0.05, 0) is 71.5 Å². The number of primary amides is 1. The van der Waals surface area contributed by atoms with Crippen LogP contribution in [-0.4, -0.2) is 28.1 Å². The molecule has 2 aromatic heterocycles. The predicted molar refractivity (Wildman–Crippen MR) is 149 cm³/mol. The van der Waals surface area contributed by atoms with Crippen LogP contribution in [0.25, 0.3) is 33.4 Å². The second-order valence-electron chi connectivity index (χ2n) is 10.1. The molecule has 0 bridgehead atoms. The van der Waals surface area contributed by atoms with Gasteiger partial charge in [0.2, 0.25) is 0 Å². The fraction of sp³-hybridized carbons (Fsp3) is 0.194. The summed E-state index contributed by atoms with van der Waals surface area (Å²) in [5.74, 6) is -0.533. The number of amides is 2. The van der Waals surface area contributed by atoms with Crippen LogP contribution in [0.2, 0.25) is 0 Å². The molecular weight excluding hydrogens is 495 g/mol. The number of aromatic nitrogens is 2. The molecule has 39 heavy (non-hydrogen) atoms. The average Bonchev–Trinajstić information content (AvgIpc) is 3.51. The van der Waals surface area contributed by atoms with E-state index in [9.17, 15) is 14.0 Å². The zero-order valence-corrected chi connectivity index (χ0v) is 22.0. The number of nitrogens with two attached hydrogens (primary N) is 1. The van der Waals surface area contributed by atoms with Crippen molar-refractivity contribution in [1.82, 2.24) is 15.1 Å². The first-order chi connectivity index (χ1) is 18.7. The van der Waals surface area contributed by atoms with E-state index in [4.69, 9.17) is 10.2 Å². The zero-order valence-electron chi connectivity index (χ0n) is 22.0. The van der Waals surface area contributed by atoms with Crippen molar-refractivity contribution < 1.29 is 18.4 Å². The third kappa shape index (κ3) is 5.45. The van der Waals surface area contributed by atoms with Crippen molar-refractivity contribution in [3.05, 3.63) is 101 Å². The normalized spacial score (nSPS) is 11.3. The Morgan fingerprint density at radius 2 is 1.74 bits per heavy atom. The fourth-order valence-corrected chi connectivity index (χ4v) is 4.63. The summed E-state index contributed by atoms with van der Waals surface area (Å²) in [6.07, 6.45) is 4.14. The van der Waals surface area contributed by atoms with Crippen LogP contribution >= 0.6 is 0 Å². The smallest absolute Gasteiger partial charge is 0.253 e. The van der Waals surface area contributed by atoms with Crippen LogP contribution in [0.1, 0.15) is 45.7 Å². The summed E-state index contributed by atoms with van der Waals surface area (Å²) < 4.78 is 21.1. The Morgan fingerprint density at radius 3 is 2.41 bits per heavy atom. The molecule has 0 saturated heterocycles. The molecule has 0 aliphatic heterocycles. The monoisotopic (exact) mass is 524 g/mol. The Kier molecular flexibility index (Phi) is 7.02. The van der Waals surface area contributed by atoms with Gasteiger partial charge in [-0.15, -0.1) is 0 Å². The van der Waals surface area contributed by atoms with Crippen molar-refractivity contribution in [2.75, 3.05) is 6.54 Å². The minimum absolute atomic E-state index is 0.144. The number of hydrogen-bond donors (Lipinski definition) is 2. The molecule has 5 rings (SSSR count). The molecule has 198 valence electrons. The lowest BCUT2D eigenvalue weighted by Gasteiger charge is -2.13. The lowest BCUT2D eigenvalue weighted by atomic mass is 9.95. The Hall–Kier alpha value is -4.72. The predicted octanol–water partition coefficient (Wildman–Crippen LogP) is 5.71. The van der Waals surface area contributed by atoms with Crippen LogP contribution in [0.15, 0.2) is 77.5 Å². The van der Waals surface area contributed by atoms with Crippen LogP contribution in [0.5, 0.6) is 0 Å². The van der Waals surface area contributed by atoms with E-state index >= 15 is 0 Å². The van der Waals surface area contributed by atoms with E-state index in [1.807, 2.05) is 57.4 Å². The molecular formula is C31H29FN4O3. The van der Waals surface area contributed by atoms with Crippen molar-refractivity contribution >= 4 is 22.8 Å². The molecule has 0 saturated carbocycles. The number of benzene rings is 3. The number of nitrogens with one attached hydrogen (secondary N) is 1. The minimum atomic E-state index is -0.629. The molecule has 0 spiro atoms. The largest absolute Gasteiger partial charge is 0.455 e. The van der Waals surface area contributed by atoms with Crippen molar-refractivity contribution in [2.45, 2.75) is 20.3 Å². The van der Waals surface area contributed by atoms with Crippen LogP contribution in [0.3, 0.4) is 0 Å². The first-order valence-corrected chi connectivity index (χ1v) is 12.7. The lowest BCUT2D eigenvalue weighted by Crippen LogP contribution is -2.27. The number of hydrogen-bond acceptors (Lipinski definition) is 4. The average molecular weight is 525 g/mol. The highest BCUT2D eigenvalue weighted by Gasteiger charge is 2.21. The molecule has 5 aromatic rings. The summed E-state index contributed by atoms with van der Waals surface area (Å²) in [4.78, 5) is 25.6. The second-order valence-corrected chi connectivity index (χ2v) is 10.1. The summed E-state index contributed by atoms with van der Waals surface area (Å²) in [5, 5.41) is 7.86. The second kappa shape index (κ2) is 10.6. The van der Waals surface area contributed by atoms with Crippen LogP contribution in [-0.2, 0) is 13.5 Å². The van der Waals surface area contributed by atoms with E-state index in [1.54, 1.807) is 29.1 Å². The Bertz CT molecular complexity index is 1680. The van der Waals surface area contributed by atoms with Crippen LogP contribution in [0.4, 0.5) is 4.39 Å². The molecule has 0 unspecified atom stereocenters. The van der Waals surface area contributed by atoms with E-state index in [0.29, 0.717) is 46.7 Å². The number of carbonyl (C=O) groups excluding carboxylic acids is 2. The number of halogens is 1. The van der Waals surface area contributed by atoms with Gasteiger partial charge in [-0.1, -0.05) is 32.0 Å². The Labute approximate surface area is 225 Å². The van der Waals surface area contributed by atoms with Gasteiger partial charge in [0.05, 0.1) is 11.8 Å². The SMILES string of the molecule is CC(C)CNC(=O)c1cc(Cc2ccc3oc(-c4ccc(F)cc4)c(C(N)=O)c3c2)ccc1-c1cnn(C)c1. The molecule has 3 N–H and O–H groups in total. The number of aryl methyl sites for hydroxylation is 1. The van der Waals surface area contributed by atoms with Crippen molar-refractivity contribution in [2.24, 2.45) is 18.7 Å². The van der Waals surface area contributed by atoms with Crippen molar-refractivity contribution in [3.8, 4) is 22.5 Å². The first-order valence-electron chi connectivity index (χ1n) is 12.7. The van der Waals surface area contributed by atoms with E-state index in [-0.39, 0.29) is 17.3 Å². The van der Waals surface area contributed by atoms with Gasteiger partial charge in [0.25, 0.3) is 11.8 Å². The molecule has 0 aliphatic carbocycles. The molecule has 0 fully saturated rings. The van der Waals surface area contributed by atoms with E-state index in [0.717, 1.165) is 22.3 Å². The first kappa shape index (κ1) is 25.9. The minimum Gasteiger partial charge on any atom is -0.455 e. The molecule has 2 heterocycles. The Balaban J connectivity index is 1.52. The van der Waals surface area contributed by atoms with Gasteiger partial charge >= 0.3 is 0 Å². The van der Waals surface area contributed by atoms with Crippen molar-refractivity contribution in [1.29, 1.82) is 0 Å². The summed E-state index contributed by atoms with van der Waals surface area (Å²) in [5.41, 5.74) is 11.1. The van der Waals surface area contributed by atoms with Crippen LogP contribution in [0, 0.1) is 11.7 Å². The molecule has 0 aliphatic rings. The Morgan fingerprint density at radius 1 is 1.03 bits per heavy atom. The summed E-state index contributed by atoms with van der Waals surface area (Å²) in [7, 11) is 1.84. The highest BCUT2D eigenvalue weighted by Crippen LogP contribution is 2.35. The topological polar surface area (TPSA) is 103 Å². The molecule has 7 nitrogen and oxygen atoms in total. The third-order valence-electron chi connectivity index (χ3n) is 6.53. The summed E-state index contributed by atoms with van der Waals surface area (Å²) >= 11 is 0. The number of nitrogens with zero attached hydrogens (tertiary/aromatic N) is 2. The van der Waals surface area contributed by atoms with E-state index in [2.05, 4.69) is 10.4 Å². The fourth-order valence-electron chi connectivity index (χ4n) is 4.63. The quantitative estimate of drug-likeness (QED) is 0.271. The lowest BCUT2D eigenvalue weighted by molar-refractivity contribution is 0.0948. The molecule has 3 aromatic carbocycles. The highest BCUT2D eigenvalue weighted by atomic mass is 19.1. The van der Waals surface area contributed by atoms with Crippen LogP contribution < -0.4 is 11.1 Å². The molecule has 0 atom stereocenters. The number of carbonyl (C=O) groups is 2. The highest BCUT2D eigenvalue weighted by molar-refractivity contribution is 6.10. The van der Waals surface area contributed by atoms with Gasteiger partial charge in [0.15, 0.2) is 0 Å². The third-order valence-corrected chi connectivity index (χ3v) is 6.53. The zero-order chi connectivity index (χ0) is 27.7. The summed E-state index contributed by atoms with van der Waals surface area (Å²) in [6, 6.07) is 17.1. The van der Waals surface area contributed by atoms with Gasteiger partial charge in [0.1, 0.15) is 17.2 Å². The van der Waals surface area contributed by atoms with Gasteiger partial charge in [-0.3, -0.25) is 14.3 Å². The van der Waals surface area contributed by atoms with Gasteiger partial charge < -0.3 is 15.5 Å². The van der Waals surface area contributed by atoms with Crippen molar-refractivity contribution in [3.63, 3.8) is 0 Å². The maximum atomic E-state index is 13.5. The standard InChI is InChI=1S/C31H29FN4O3/c1-18(2)15-34-31(38)25-13-19(4-10-24(25)22-16-35-36(3)17-22)12-20-5-11-27-26(14-20)28(30(33)37)29(39-27)21-6-8-23(32)9-7-21/h4-11,13-14,16-18H,12,15H2,1-3H3,(H2,33,37)(H,34,38). The van der Waals surface area contributed by atoms with E-state index in [1.165, 1.54) is 12.1 Å². The van der Waals surface area contributed by atoms with Gasteiger partial charge in [0, 0.05) is 41.9 Å². The number of rotatable bonds is 8. The molecule has 0 radical (unpaired) electrons. The number of furan rings is 1. The van der Waals surface area contributed by atoms with Gasteiger partial charge in [-0.2, -0.15) is 5.10 Å². The maximum Gasteiger partial charge on any atom is 0.253 e. The number of fused-ring (bicyclic) bond motifs is 1. The summed E-state index contributed by atoms with van der Waals surface area (Å²) in [6.45, 7) is 4.66.